The Morgan fingerprint density at radius 2 is 1.71 bits per heavy atom. The lowest BCUT2D eigenvalue weighted by atomic mass is 9.93. The van der Waals surface area contributed by atoms with Gasteiger partial charge in [0.25, 0.3) is 11.8 Å². The van der Waals surface area contributed by atoms with Gasteiger partial charge in [-0.1, -0.05) is 44.9 Å². The average molecular weight is 522 g/mol. The van der Waals surface area contributed by atoms with E-state index in [-0.39, 0.29) is 5.92 Å². The Labute approximate surface area is 226 Å². The molecule has 0 spiro atoms. The molecule has 8 heteroatoms. The normalized spacial score (nSPS) is 13.3. The number of terminal acetylenes is 1. The molecule has 2 aromatic carbocycles. The number of rotatable bonds is 9. The first kappa shape index (κ1) is 30.2. The van der Waals surface area contributed by atoms with Crippen LogP contribution in [0.25, 0.3) is 0 Å². The van der Waals surface area contributed by atoms with Gasteiger partial charge in [-0.25, -0.2) is 4.79 Å². The molecule has 3 amide bonds. The van der Waals surface area contributed by atoms with E-state index in [1.807, 2.05) is 39.8 Å². The van der Waals surface area contributed by atoms with Crippen LogP contribution in [0, 0.1) is 32.2 Å². The quantitative estimate of drug-likeness (QED) is 0.343. The predicted molar refractivity (Wildman–Crippen MR) is 149 cm³/mol. The fourth-order valence-corrected chi connectivity index (χ4v) is 3.89. The zero-order valence-electron chi connectivity index (χ0n) is 23.5. The second kappa shape index (κ2) is 13.0. The summed E-state index contributed by atoms with van der Waals surface area (Å²) in [6, 6.07) is 12.6. The van der Waals surface area contributed by atoms with Crippen molar-refractivity contribution in [2.75, 3.05) is 12.4 Å². The Bertz CT molecular complexity index is 1180. The SMILES string of the molecule is C#CN(C(=O)C(NC(=O)OC(C)(C)C)C(C)CC)C(C(=O)Nc1ccc(OC)cc1)c1cccc(C)c1C. The van der Waals surface area contributed by atoms with Crippen LogP contribution in [0.2, 0.25) is 0 Å². The lowest BCUT2D eigenvalue weighted by Gasteiger charge is -2.33. The maximum Gasteiger partial charge on any atom is 0.408 e. The fourth-order valence-electron chi connectivity index (χ4n) is 3.89. The summed E-state index contributed by atoms with van der Waals surface area (Å²) in [6.45, 7) is 12.7. The van der Waals surface area contributed by atoms with Gasteiger partial charge < -0.3 is 20.1 Å². The highest BCUT2D eigenvalue weighted by Gasteiger charge is 2.38. The van der Waals surface area contributed by atoms with E-state index in [0.29, 0.717) is 23.4 Å². The minimum atomic E-state index is -1.15. The van der Waals surface area contributed by atoms with E-state index in [4.69, 9.17) is 15.9 Å². The summed E-state index contributed by atoms with van der Waals surface area (Å²) in [5, 5.41) is 5.55. The van der Waals surface area contributed by atoms with Crippen molar-refractivity contribution < 1.29 is 23.9 Å². The summed E-state index contributed by atoms with van der Waals surface area (Å²) in [4.78, 5) is 41.4. The molecule has 2 N–H and O–H groups in total. The molecule has 0 fully saturated rings. The Kier molecular flexibility index (Phi) is 10.3. The van der Waals surface area contributed by atoms with E-state index in [1.165, 1.54) is 0 Å². The number of anilines is 1. The van der Waals surface area contributed by atoms with E-state index >= 15 is 0 Å². The van der Waals surface area contributed by atoms with Gasteiger partial charge in [-0.2, -0.15) is 0 Å². The van der Waals surface area contributed by atoms with Crippen LogP contribution in [0.5, 0.6) is 5.75 Å². The third-order valence-corrected chi connectivity index (χ3v) is 6.33. The molecule has 0 bridgehead atoms. The highest BCUT2D eigenvalue weighted by Crippen LogP contribution is 2.29. The van der Waals surface area contributed by atoms with Crippen molar-refractivity contribution in [2.45, 2.75) is 72.6 Å². The number of nitrogens with zero attached hydrogens (tertiary/aromatic N) is 1. The second-order valence-electron chi connectivity index (χ2n) is 10.3. The number of aryl methyl sites for hydroxylation is 1. The smallest absolute Gasteiger partial charge is 0.408 e. The molecule has 2 rings (SSSR count). The van der Waals surface area contributed by atoms with Crippen LogP contribution in [-0.4, -0.2) is 41.6 Å². The summed E-state index contributed by atoms with van der Waals surface area (Å²) in [7, 11) is 1.56. The largest absolute Gasteiger partial charge is 0.497 e. The van der Waals surface area contributed by atoms with Crippen LogP contribution in [0.1, 0.15) is 63.8 Å². The first-order chi connectivity index (χ1) is 17.8. The van der Waals surface area contributed by atoms with Crippen molar-refractivity contribution in [1.29, 1.82) is 0 Å². The molecular weight excluding hydrogens is 482 g/mol. The van der Waals surface area contributed by atoms with E-state index in [2.05, 4.69) is 16.7 Å². The fraction of sp³-hybridized carbons (Fsp3) is 0.433. The highest BCUT2D eigenvalue weighted by molar-refractivity contribution is 6.00. The van der Waals surface area contributed by atoms with Gasteiger partial charge >= 0.3 is 6.09 Å². The van der Waals surface area contributed by atoms with E-state index in [0.717, 1.165) is 16.0 Å². The standard InChI is InChI=1S/C30H39N3O5/c1-10-19(3)25(32-29(36)38-30(6,7)8)28(35)33(11-2)26(24-14-12-13-20(4)21(24)5)27(34)31-22-15-17-23(37-9)18-16-22/h2,12-19,25-26H,10H2,1,3-9H3,(H,31,34)(H,32,36). The van der Waals surface area contributed by atoms with Gasteiger partial charge in [0.2, 0.25) is 0 Å². The topological polar surface area (TPSA) is 97.0 Å². The summed E-state index contributed by atoms with van der Waals surface area (Å²) >= 11 is 0. The molecule has 0 radical (unpaired) electrons. The number of alkyl carbamates (subject to hydrolysis) is 1. The minimum absolute atomic E-state index is 0.283. The number of amides is 3. The maximum absolute atomic E-state index is 13.9. The van der Waals surface area contributed by atoms with Gasteiger partial charge in [-0.15, -0.1) is 0 Å². The first-order valence-electron chi connectivity index (χ1n) is 12.6. The number of benzene rings is 2. The number of nitrogens with one attached hydrogen (secondary N) is 2. The molecule has 0 heterocycles. The van der Waals surface area contributed by atoms with Crippen LogP contribution in [0.3, 0.4) is 0 Å². The minimum Gasteiger partial charge on any atom is -0.497 e. The van der Waals surface area contributed by atoms with Gasteiger partial charge in [-0.05, 0) is 81.5 Å². The van der Waals surface area contributed by atoms with Crippen molar-refractivity contribution >= 4 is 23.6 Å². The van der Waals surface area contributed by atoms with Crippen LogP contribution in [-0.2, 0) is 14.3 Å². The molecule has 0 aliphatic rings. The second-order valence-corrected chi connectivity index (χ2v) is 10.3. The molecule has 0 aliphatic heterocycles. The van der Waals surface area contributed by atoms with Crippen molar-refractivity contribution in [2.24, 2.45) is 5.92 Å². The summed E-state index contributed by atoms with van der Waals surface area (Å²) in [5.41, 5.74) is 2.12. The molecule has 3 unspecified atom stereocenters. The van der Waals surface area contributed by atoms with E-state index in [1.54, 1.807) is 58.2 Å². The highest BCUT2D eigenvalue weighted by atomic mass is 16.6. The molecule has 0 saturated carbocycles. The van der Waals surface area contributed by atoms with E-state index in [9.17, 15) is 14.4 Å². The molecule has 0 aliphatic carbocycles. The summed E-state index contributed by atoms with van der Waals surface area (Å²) in [6.07, 6.45) is 5.74. The predicted octanol–water partition coefficient (Wildman–Crippen LogP) is 5.35. The number of carbonyl (C=O) groups excluding carboxylic acids is 3. The zero-order chi connectivity index (χ0) is 28.6. The number of carbonyl (C=O) groups is 3. The zero-order valence-corrected chi connectivity index (χ0v) is 23.5. The Morgan fingerprint density at radius 3 is 2.24 bits per heavy atom. The van der Waals surface area contributed by atoms with Gasteiger partial charge in [-0.3, -0.25) is 14.5 Å². The van der Waals surface area contributed by atoms with Crippen molar-refractivity contribution in [3.05, 3.63) is 59.2 Å². The summed E-state index contributed by atoms with van der Waals surface area (Å²) < 4.78 is 10.6. The number of ether oxygens (including phenoxy) is 2. The Balaban J connectivity index is 2.52. The monoisotopic (exact) mass is 521 g/mol. The van der Waals surface area contributed by atoms with Crippen LogP contribution >= 0.6 is 0 Å². The first-order valence-corrected chi connectivity index (χ1v) is 12.6. The number of hydrogen-bond donors (Lipinski definition) is 2. The lowest BCUT2D eigenvalue weighted by Crippen LogP contribution is -2.53. The molecule has 0 aromatic heterocycles. The van der Waals surface area contributed by atoms with Crippen molar-refractivity contribution in [1.82, 2.24) is 10.2 Å². The average Bonchev–Trinajstić information content (AvgIpc) is 2.86. The van der Waals surface area contributed by atoms with Crippen LogP contribution < -0.4 is 15.4 Å². The van der Waals surface area contributed by atoms with Gasteiger partial charge in [0, 0.05) is 11.7 Å². The van der Waals surface area contributed by atoms with Crippen LogP contribution in [0.15, 0.2) is 42.5 Å². The Morgan fingerprint density at radius 1 is 1.08 bits per heavy atom. The van der Waals surface area contributed by atoms with Crippen molar-refractivity contribution in [3.8, 4) is 18.2 Å². The summed E-state index contributed by atoms with van der Waals surface area (Å²) in [5.74, 6) is -0.715. The molecule has 38 heavy (non-hydrogen) atoms. The van der Waals surface area contributed by atoms with Crippen molar-refractivity contribution in [3.63, 3.8) is 0 Å². The van der Waals surface area contributed by atoms with E-state index < -0.39 is 35.6 Å². The lowest BCUT2D eigenvalue weighted by molar-refractivity contribution is -0.137. The molecule has 2 aromatic rings. The number of hydrogen-bond acceptors (Lipinski definition) is 5. The molecule has 0 saturated heterocycles. The molecule has 3 atom stereocenters. The number of methoxy groups -OCH3 is 1. The van der Waals surface area contributed by atoms with Crippen LogP contribution in [0.4, 0.5) is 10.5 Å². The van der Waals surface area contributed by atoms with Gasteiger partial charge in [0.15, 0.2) is 0 Å². The van der Waals surface area contributed by atoms with Gasteiger partial charge in [0.1, 0.15) is 23.4 Å². The molecule has 204 valence electrons. The molecular formula is C30H39N3O5. The third-order valence-electron chi connectivity index (χ3n) is 6.33. The Hall–Kier alpha value is -3.99. The third kappa shape index (κ3) is 7.75. The molecule has 8 nitrogen and oxygen atoms in total. The van der Waals surface area contributed by atoms with Gasteiger partial charge in [0.05, 0.1) is 7.11 Å². The maximum atomic E-state index is 13.9.